The summed E-state index contributed by atoms with van der Waals surface area (Å²) in [6.07, 6.45) is 1.87. The van der Waals surface area contributed by atoms with Crippen molar-refractivity contribution in [2.24, 2.45) is 5.73 Å². The number of nitrogens with zero attached hydrogens (tertiary/aromatic N) is 2. The van der Waals surface area contributed by atoms with Crippen LogP contribution < -0.4 is 5.73 Å². The molecule has 0 bridgehead atoms. The fourth-order valence-electron chi connectivity index (χ4n) is 1.89. The third kappa shape index (κ3) is 2.49. The van der Waals surface area contributed by atoms with Gasteiger partial charge in [-0.2, -0.15) is 0 Å². The quantitative estimate of drug-likeness (QED) is 0.799. The minimum Gasteiger partial charge on any atom is -0.326 e. The Morgan fingerprint density at radius 1 is 1.32 bits per heavy atom. The maximum atomic E-state index is 5.83. The number of para-hydroxylation sites is 1. The van der Waals surface area contributed by atoms with E-state index in [1.54, 1.807) is 23.1 Å². The van der Waals surface area contributed by atoms with Crippen LogP contribution in [0.5, 0.6) is 0 Å². The average molecular weight is 287 g/mol. The van der Waals surface area contributed by atoms with E-state index >= 15 is 0 Å². The fraction of sp³-hybridized carbons (Fsp3) is 0.143. The molecule has 0 radical (unpaired) electrons. The molecule has 96 valence electrons. The van der Waals surface area contributed by atoms with Crippen LogP contribution in [0.3, 0.4) is 0 Å². The van der Waals surface area contributed by atoms with Crippen molar-refractivity contribution in [3.8, 4) is 0 Å². The van der Waals surface area contributed by atoms with Crippen LogP contribution in [0.15, 0.2) is 45.1 Å². The van der Waals surface area contributed by atoms with E-state index in [1.807, 2.05) is 31.3 Å². The highest BCUT2D eigenvalue weighted by Gasteiger charge is 2.11. The zero-order valence-electron chi connectivity index (χ0n) is 10.5. The number of pyridine rings is 1. The highest BCUT2D eigenvalue weighted by Crippen LogP contribution is 2.36. The number of nitrogens with two attached hydrogens (primary N) is 1. The molecule has 1 aromatic carbocycles. The number of thiazole rings is 1. The second-order valence-electron chi connectivity index (χ2n) is 4.19. The Kier molecular flexibility index (Phi) is 3.50. The van der Waals surface area contributed by atoms with Crippen LogP contribution in [0.2, 0.25) is 0 Å². The molecular formula is C14H13N3S2. The van der Waals surface area contributed by atoms with Crippen LogP contribution in [0.25, 0.3) is 10.9 Å². The highest BCUT2D eigenvalue weighted by atomic mass is 32.2. The standard InChI is InChI=1S/C14H13N3S2/c1-9-8-18-14(17-9)19-13-10(6-15)7-16-12-5-3-2-4-11(12)13/h2-5,7-8H,6,15H2,1H3. The fourth-order valence-corrected chi connectivity index (χ4v) is 3.91. The summed E-state index contributed by atoms with van der Waals surface area (Å²) in [5.74, 6) is 0. The lowest BCUT2D eigenvalue weighted by molar-refractivity contribution is 1.02. The van der Waals surface area contributed by atoms with E-state index in [4.69, 9.17) is 5.73 Å². The van der Waals surface area contributed by atoms with E-state index in [-0.39, 0.29) is 0 Å². The summed E-state index contributed by atoms with van der Waals surface area (Å²) in [5.41, 5.74) is 8.95. The number of hydrogen-bond donors (Lipinski definition) is 1. The van der Waals surface area contributed by atoms with Crippen LogP contribution in [-0.2, 0) is 6.54 Å². The van der Waals surface area contributed by atoms with Gasteiger partial charge < -0.3 is 5.73 Å². The van der Waals surface area contributed by atoms with E-state index in [1.165, 1.54) is 4.90 Å². The molecule has 19 heavy (non-hydrogen) atoms. The van der Waals surface area contributed by atoms with E-state index < -0.39 is 0 Å². The van der Waals surface area contributed by atoms with Crippen molar-refractivity contribution >= 4 is 34.0 Å². The normalized spacial score (nSPS) is 11.1. The van der Waals surface area contributed by atoms with Crippen LogP contribution in [0, 0.1) is 6.92 Å². The molecule has 0 aliphatic rings. The Balaban J connectivity index is 2.14. The molecule has 0 atom stereocenters. The van der Waals surface area contributed by atoms with Gasteiger partial charge >= 0.3 is 0 Å². The minimum atomic E-state index is 0.491. The average Bonchev–Trinajstić information content (AvgIpc) is 2.85. The summed E-state index contributed by atoms with van der Waals surface area (Å²) in [4.78, 5) is 10.1. The molecule has 0 aliphatic carbocycles. The Morgan fingerprint density at radius 2 is 2.16 bits per heavy atom. The van der Waals surface area contributed by atoms with E-state index in [0.29, 0.717) is 6.54 Å². The monoisotopic (exact) mass is 287 g/mol. The van der Waals surface area contributed by atoms with Crippen LogP contribution >= 0.6 is 23.1 Å². The molecule has 2 heterocycles. The van der Waals surface area contributed by atoms with Crippen LogP contribution in [0.4, 0.5) is 0 Å². The van der Waals surface area contributed by atoms with Gasteiger partial charge in [0.05, 0.1) is 5.52 Å². The first kappa shape index (κ1) is 12.6. The lowest BCUT2D eigenvalue weighted by Gasteiger charge is -2.09. The Labute approximate surface area is 119 Å². The van der Waals surface area contributed by atoms with Crippen LogP contribution in [0.1, 0.15) is 11.3 Å². The van der Waals surface area contributed by atoms with Crippen molar-refractivity contribution < 1.29 is 0 Å². The molecule has 0 aliphatic heterocycles. The van der Waals surface area contributed by atoms with Gasteiger partial charge in [-0.05, 0) is 18.6 Å². The van der Waals surface area contributed by atoms with E-state index in [2.05, 4.69) is 21.4 Å². The topological polar surface area (TPSA) is 51.8 Å². The number of fused-ring (bicyclic) bond motifs is 1. The zero-order valence-corrected chi connectivity index (χ0v) is 12.1. The first-order valence-corrected chi connectivity index (χ1v) is 7.64. The predicted octanol–water partition coefficient (Wildman–Crippen LogP) is 3.61. The van der Waals surface area contributed by atoms with Crippen molar-refractivity contribution in [3.05, 3.63) is 47.1 Å². The molecule has 2 aromatic heterocycles. The van der Waals surface area contributed by atoms with Crippen molar-refractivity contribution in [1.82, 2.24) is 9.97 Å². The summed E-state index contributed by atoms with van der Waals surface area (Å²) >= 11 is 3.34. The van der Waals surface area contributed by atoms with Crippen molar-refractivity contribution in [2.75, 3.05) is 0 Å². The lowest BCUT2D eigenvalue weighted by atomic mass is 10.1. The van der Waals surface area contributed by atoms with Crippen LogP contribution in [-0.4, -0.2) is 9.97 Å². The van der Waals surface area contributed by atoms with Gasteiger partial charge in [-0.1, -0.05) is 30.0 Å². The van der Waals surface area contributed by atoms with E-state index in [0.717, 1.165) is 26.5 Å². The van der Waals surface area contributed by atoms with Crippen molar-refractivity contribution in [2.45, 2.75) is 22.7 Å². The molecule has 3 aromatic rings. The van der Waals surface area contributed by atoms with Crippen molar-refractivity contribution in [1.29, 1.82) is 0 Å². The lowest BCUT2D eigenvalue weighted by Crippen LogP contribution is -2.00. The molecule has 5 heteroatoms. The Hall–Kier alpha value is -1.43. The summed E-state index contributed by atoms with van der Waals surface area (Å²) in [6, 6.07) is 8.14. The van der Waals surface area contributed by atoms with E-state index in [9.17, 15) is 0 Å². The third-order valence-electron chi connectivity index (χ3n) is 2.81. The molecule has 0 saturated carbocycles. The van der Waals surface area contributed by atoms with Gasteiger partial charge in [-0.15, -0.1) is 11.3 Å². The molecule has 0 unspecified atom stereocenters. The summed E-state index contributed by atoms with van der Waals surface area (Å²) < 4.78 is 1.04. The molecule has 3 rings (SSSR count). The maximum absolute atomic E-state index is 5.83. The number of aromatic nitrogens is 2. The van der Waals surface area contributed by atoms with Gasteiger partial charge in [0.2, 0.25) is 0 Å². The Bertz CT molecular complexity index is 722. The predicted molar refractivity (Wildman–Crippen MR) is 80.6 cm³/mol. The Morgan fingerprint density at radius 3 is 2.89 bits per heavy atom. The molecule has 2 N–H and O–H groups in total. The number of benzene rings is 1. The molecule has 0 fully saturated rings. The van der Waals surface area contributed by atoms with Gasteiger partial charge in [-0.3, -0.25) is 4.98 Å². The zero-order chi connectivity index (χ0) is 13.2. The summed E-state index contributed by atoms with van der Waals surface area (Å²) in [5, 5.41) is 3.21. The smallest absolute Gasteiger partial charge is 0.154 e. The minimum absolute atomic E-state index is 0.491. The van der Waals surface area contributed by atoms with Crippen molar-refractivity contribution in [3.63, 3.8) is 0 Å². The van der Waals surface area contributed by atoms with Gasteiger partial charge in [0.15, 0.2) is 4.34 Å². The number of hydrogen-bond acceptors (Lipinski definition) is 5. The van der Waals surface area contributed by atoms with Gasteiger partial charge in [0, 0.05) is 34.1 Å². The molecular weight excluding hydrogens is 274 g/mol. The van der Waals surface area contributed by atoms with Gasteiger partial charge in [-0.25, -0.2) is 4.98 Å². The first-order chi connectivity index (χ1) is 9.28. The molecule has 0 saturated heterocycles. The first-order valence-electron chi connectivity index (χ1n) is 5.94. The SMILES string of the molecule is Cc1csc(Sc2c(CN)cnc3ccccc23)n1. The second-order valence-corrected chi connectivity index (χ2v) is 6.31. The summed E-state index contributed by atoms with van der Waals surface area (Å²) in [7, 11) is 0. The van der Waals surface area contributed by atoms with Gasteiger partial charge in [0.1, 0.15) is 0 Å². The summed E-state index contributed by atoms with van der Waals surface area (Å²) in [6.45, 7) is 2.50. The molecule has 3 nitrogen and oxygen atoms in total. The third-order valence-corrected chi connectivity index (χ3v) is 5.05. The largest absolute Gasteiger partial charge is 0.326 e. The number of rotatable bonds is 3. The molecule has 0 spiro atoms. The maximum Gasteiger partial charge on any atom is 0.154 e. The molecule has 0 amide bonds. The highest BCUT2D eigenvalue weighted by molar-refractivity contribution is 8.01. The second kappa shape index (κ2) is 5.28. The number of aryl methyl sites for hydroxylation is 1. The van der Waals surface area contributed by atoms with Gasteiger partial charge in [0.25, 0.3) is 0 Å².